The van der Waals surface area contributed by atoms with Crippen LogP contribution in [0.5, 0.6) is 0 Å². The number of nitrogens with one attached hydrogen (secondary N) is 2. The van der Waals surface area contributed by atoms with E-state index in [1.54, 1.807) is 12.1 Å². The quantitative estimate of drug-likeness (QED) is 0.691. The summed E-state index contributed by atoms with van der Waals surface area (Å²) in [6.07, 6.45) is 1.37. The highest BCUT2D eigenvalue weighted by Gasteiger charge is 2.47. The van der Waals surface area contributed by atoms with Gasteiger partial charge in [0.2, 0.25) is 0 Å². The van der Waals surface area contributed by atoms with E-state index in [4.69, 9.17) is 5.73 Å². The van der Waals surface area contributed by atoms with Gasteiger partial charge in [0.05, 0.1) is 11.1 Å². The minimum atomic E-state index is -0.318. The zero-order valence-corrected chi connectivity index (χ0v) is 16.4. The molecule has 1 aromatic rings. The Labute approximate surface area is 159 Å². The van der Waals surface area contributed by atoms with E-state index in [0.29, 0.717) is 42.6 Å². The summed E-state index contributed by atoms with van der Waals surface area (Å²) in [6.45, 7) is 9.02. The van der Waals surface area contributed by atoms with Gasteiger partial charge in [0.25, 0.3) is 17.7 Å². The summed E-state index contributed by atoms with van der Waals surface area (Å²) < 4.78 is 0. The van der Waals surface area contributed by atoms with E-state index in [2.05, 4.69) is 38.3 Å². The molecule has 1 saturated heterocycles. The average molecular weight is 372 g/mol. The molecule has 0 aliphatic carbocycles. The van der Waals surface area contributed by atoms with Crippen molar-refractivity contribution in [3.05, 3.63) is 34.9 Å². The lowest BCUT2D eigenvalue weighted by Crippen LogP contribution is -2.62. The van der Waals surface area contributed by atoms with Crippen molar-refractivity contribution < 1.29 is 14.4 Å². The van der Waals surface area contributed by atoms with E-state index in [1.165, 1.54) is 11.0 Å². The Hall–Kier alpha value is -2.25. The second kappa shape index (κ2) is 6.73. The number of carbonyl (C=O) groups excluding carboxylic acids is 3. The number of rotatable bonds is 4. The number of piperidine rings is 1. The van der Waals surface area contributed by atoms with Crippen molar-refractivity contribution >= 4 is 17.7 Å². The third-order valence-electron chi connectivity index (χ3n) is 5.14. The molecule has 146 valence electrons. The van der Waals surface area contributed by atoms with Crippen LogP contribution in [0.15, 0.2) is 18.2 Å². The largest absolute Gasteiger partial charge is 0.351 e. The SMILES string of the molecule is CC1(C)CC(N2C(=O)c3ccc(C(=O)NCCN)cc3C2=O)CC(C)(C)N1. The smallest absolute Gasteiger partial charge is 0.261 e. The molecule has 0 saturated carbocycles. The highest BCUT2D eigenvalue weighted by Crippen LogP contribution is 2.36. The Morgan fingerprint density at radius 2 is 1.74 bits per heavy atom. The van der Waals surface area contributed by atoms with Gasteiger partial charge in [-0.3, -0.25) is 19.3 Å². The molecule has 27 heavy (non-hydrogen) atoms. The minimum Gasteiger partial charge on any atom is -0.351 e. The first kappa shape index (κ1) is 19.5. The summed E-state index contributed by atoms with van der Waals surface area (Å²) >= 11 is 0. The molecule has 3 amide bonds. The van der Waals surface area contributed by atoms with Gasteiger partial charge in [0, 0.05) is 35.8 Å². The van der Waals surface area contributed by atoms with Crippen LogP contribution in [0.4, 0.5) is 0 Å². The zero-order chi connectivity index (χ0) is 20.0. The Balaban J connectivity index is 1.89. The van der Waals surface area contributed by atoms with Crippen LogP contribution in [-0.2, 0) is 0 Å². The molecule has 0 spiro atoms. The van der Waals surface area contributed by atoms with Crippen LogP contribution in [0.3, 0.4) is 0 Å². The molecule has 4 N–H and O–H groups in total. The molecule has 2 aliphatic heterocycles. The molecular weight excluding hydrogens is 344 g/mol. The summed E-state index contributed by atoms with van der Waals surface area (Å²) in [5, 5.41) is 6.25. The number of imide groups is 1. The van der Waals surface area contributed by atoms with E-state index < -0.39 is 0 Å². The van der Waals surface area contributed by atoms with Crippen LogP contribution < -0.4 is 16.4 Å². The first-order valence-electron chi connectivity index (χ1n) is 9.34. The summed E-state index contributed by atoms with van der Waals surface area (Å²) in [7, 11) is 0. The van der Waals surface area contributed by atoms with Crippen molar-refractivity contribution in [3.8, 4) is 0 Å². The van der Waals surface area contributed by atoms with E-state index in [9.17, 15) is 14.4 Å². The minimum absolute atomic E-state index is 0.182. The van der Waals surface area contributed by atoms with Gasteiger partial charge < -0.3 is 16.4 Å². The first-order chi connectivity index (χ1) is 12.5. The number of hydrogen-bond donors (Lipinski definition) is 3. The number of nitrogens with zero attached hydrogens (tertiary/aromatic N) is 1. The Bertz CT molecular complexity index is 784. The fourth-order valence-electron chi connectivity index (χ4n) is 4.47. The van der Waals surface area contributed by atoms with Gasteiger partial charge >= 0.3 is 0 Å². The van der Waals surface area contributed by atoms with E-state index >= 15 is 0 Å². The normalized spacial score (nSPS) is 21.3. The predicted octanol–water partition coefficient (Wildman–Crippen LogP) is 1.28. The number of benzene rings is 1. The molecule has 1 fully saturated rings. The summed E-state index contributed by atoms with van der Waals surface area (Å²) in [6, 6.07) is 4.48. The topological polar surface area (TPSA) is 105 Å². The van der Waals surface area contributed by atoms with Crippen molar-refractivity contribution in [2.24, 2.45) is 5.73 Å². The summed E-state index contributed by atoms with van der Waals surface area (Å²) in [5.74, 6) is -0.893. The second-order valence-corrected chi connectivity index (χ2v) is 8.74. The van der Waals surface area contributed by atoms with Gasteiger partial charge in [-0.15, -0.1) is 0 Å². The van der Waals surface area contributed by atoms with Crippen molar-refractivity contribution in [3.63, 3.8) is 0 Å². The van der Waals surface area contributed by atoms with Gasteiger partial charge in [-0.2, -0.15) is 0 Å². The maximum Gasteiger partial charge on any atom is 0.261 e. The van der Waals surface area contributed by atoms with E-state index in [-0.39, 0.29) is 34.8 Å². The Kier molecular flexibility index (Phi) is 4.86. The fraction of sp³-hybridized carbons (Fsp3) is 0.550. The molecule has 0 radical (unpaired) electrons. The molecule has 1 aromatic carbocycles. The number of carbonyl (C=O) groups is 3. The summed E-state index contributed by atoms with van der Waals surface area (Å²) in [5.41, 5.74) is 6.06. The van der Waals surface area contributed by atoms with Crippen molar-refractivity contribution in [2.45, 2.75) is 57.7 Å². The maximum atomic E-state index is 13.1. The third-order valence-corrected chi connectivity index (χ3v) is 5.14. The van der Waals surface area contributed by atoms with Crippen LogP contribution in [0.2, 0.25) is 0 Å². The zero-order valence-electron chi connectivity index (χ0n) is 16.4. The first-order valence-corrected chi connectivity index (χ1v) is 9.34. The lowest BCUT2D eigenvalue weighted by atomic mass is 9.79. The summed E-state index contributed by atoms with van der Waals surface area (Å²) in [4.78, 5) is 39.5. The number of fused-ring (bicyclic) bond motifs is 1. The van der Waals surface area contributed by atoms with E-state index in [1.807, 2.05) is 0 Å². The average Bonchev–Trinajstić information content (AvgIpc) is 2.80. The second-order valence-electron chi connectivity index (χ2n) is 8.74. The molecule has 0 unspecified atom stereocenters. The van der Waals surface area contributed by atoms with E-state index in [0.717, 1.165) is 0 Å². The number of hydrogen-bond acceptors (Lipinski definition) is 5. The highest BCUT2D eigenvalue weighted by atomic mass is 16.2. The number of amides is 3. The Morgan fingerprint density at radius 3 is 2.33 bits per heavy atom. The highest BCUT2D eigenvalue weighted by molar-refractivity contribution is 6.22. The van der Waals surface area contributed by atoms with Crippen molar-refractivity contribution in [1.82, 2.24) is 15.5 Å². The van der Waals surface area contributed by atoms with Crippen LogP contribution >= 0.6 is 0 Å². The van der Waals surface area contributed by atoms with Crippen LogP contribution in [-0.4, -0.2) is 52.8 Å². The van der Waals surface area contributed by atoms with Gasteiger partial charge in [-0.05, 0) is 58.7 Å². The molecule has 2 aliphatic rings. The number of nitrogens with two attached hydrogens (primary N) is 1. The molecule has 0 bridgehead atoms. The lowest BCUT2D eigenvalue weighted by Gasteiger charge is -2.48. The molecule has 2 heterocycles. The predicted molar refractivity (Wildman–Crippen MR) is 103 cm³/mol. The van der Waals surface area contributed by atoms with Crippen LogP contribution in [0.25, 0.3) is 0 Å². The van der Waals surface area contributed by atoms with Gasteiger partial charge in [-0.25, -0.2) is 0 Å². The van der Waals surface area contributed by atoms with Crippen molar-refractivity contribution in [1.29, 1.82) is 0 Å². The van der Waals surface area contributed by atoms with Gasteiger partial charge in [0.15, 0.2) is 0 Å². The molecule has 7 heteroatoms. The monoisotopic (exact) mass is 372 g/mol. The van der Waals surface area contributed by atoms with Gasteiger partial charge in [-0.1, -0.05) is 0 Å². The van der Waals surface area contributed by atoms with Gasteiger partial charge in [0.1, 0.15) is 0 Å². The van der Waals surface area contributed by atoms with Crippen molar-refractivity contribution in [2.75, 3.05) is 13.1 Å². The molecule has 0 atom stereocenters. The molecule has 0 aromatic heterocycles. The Morgan fingerprint density at radius 1 is 1.15 bits per heavy atom. The standard InChI is InChI=1S/C20H28N4O3/c1-19(2)10-13(11-20(3,4)23-19)24-17(26)14-6-5-12(9-15(14)18(24)27)16(25)22-8-7-21/h5-6,9,13,23H,7-8,10-11,21H2,1-4H3,(H,22,25). The third kappa shape index (κ3) is 3.75. The van der Waals surface area contributed by atoms with Crippen LogP contribution in [0.1, 0.15) is 71.6 Å². The molecule has 3 rings (SSSR count). The molecule has 7 nitrogen and oxygen atoms in total. The fourth-order valence-corrected chi connectivity index (χ4v) is 4.47. The maximum absolute atomic E-state index is 13.1. The lowest BCUT2D eigenvalue weighted by molar-refractivity contribution is 0.0412. The van der Waals surface area contributed by atoms with Crippen LogP contribution in [0, 0.1) is 0 Å². The molecular formula is C20H28N4O3.